The minimum atomic E-state index is -0.565. The molecule has 1 aliphatic rings. The van der Waals surface area contributed by atoms with Crippen molar-refractivity contribution in [3.8, 4) is 0 Å². The summed E-state index contributed by atoms with van der Waals surface area (Å²) in [6.45, 7) is 1.98. The van der Waals surface area contributed by atoms with Gasteiger partial charge in [0.05, 0.1) is 11.8 Å². The molecule has 4 nitrogen and oxygen atoms in total. The predicted octanol–water partition coefficient (Wildman–Crippen LogP) is 2.42. The summed E-state index contributed by atoms with van der Waals surface area (Å²) in [5.74, 6) is 0. The zero-order valence-corrected chi connectivity index (χ0v) is 11.5. The molecule has 19 heavy (non-hydrogen) atoms. The smallest absolute Gasteiger partial charge is 0.136 e. The Morgan fingerprint density at radius 2 is 2.21 bits per heavy atom. The Morgan fingerprint density at radius 3 is 2.95 bits per heavy atom. The molecule has 0 aromatic carbocycles. The van der Waals surface area contributed by atoms with Crippen molar-refractivity contribution in [1.82, 2.24) is 9.38 Å². The first-order valence-corrected chi connectivity index (χ1v) is 6.85. The Bertz CT molecular complexity index is 593. The van der Waals surface area contributed by atoms with Crippen molar-refractivity contribution in [2.45, 2.75) is 44.3 Å². The van der Waals surface area contributed by atoms with E-state index in [-0.39, 0.29) is 0 Å². The Balaban J connectivity index is 2.09. The molecule has 1 aliphatic carbocycles. The van der Waals surface area contributed by atoms with Crippen LogP contribution in [0.2, 0.25) is 0 Å². The van der Waals surface area contributed by atoms with Crippen molar-refractivity contribution in [3.05, 3.63) is 35.8 Å². The molecular weight excluding hydrogens is 240 g/mol. The quantitative estimate of drug-likeness (QED) is 0.902. The summed E-state index contributed by atoms with van der Waals surface area (Å²) in [4.78, 5) is 4.43. The maximum Gasteiger partial charge on any atom is 0.136 e. The molecule has 2 aromatic rings. The molecule has 4 heteroatoms. The van der Waals surface area contributed by atoms with Crippen LogP contribution in [0.25, 0.3) is 5.65 Å². The fraction of sp³-hybridized carbons (Fsp3) is 0.533. The summed E-state index contributed by atoms with van der Waals surface area (Å²) in [5.41, 5.74) is 2.39. The number of fused-ring (bicyclic) bond motifs is 1. The van der Waals surface area contributed by atoms with E-state index in [4.69, 9.17) is 4.74 Å². The molecule has 2 aromatic heterocycles. The van der Waals surface area contributed by atoms with Gasteiger partial charge in [-0.3, -0.25) is 0 Å². The second-order valence-electron chi connectivity index (χ2n) is 5.42. The minimum absolute atomic E-state index is 0.437. The van der Waals surface area contributed by atoms with Gasteiger partial charge in [-0.1, -0.05) is 18.9 Å². The molecule has 0 spiro atoms. The molecule has 2 heterocycles. The highest BCUT2D eigenvalue weighted by atomic mass is 16.5. The second-order valence-corrected chi connectivity index (χ2v) is 5.42. The van der Waals surface area contributed by atoms with Gasteiger partial charge in [-0.15, -0.1) is 0 Å². The van der Waals surface area contributed by atoms with E-state index < -0.39 is 11.7 Å². The fourth-order valence-corrected chi connectivity index (χ4v) is 3.19. The third-order valence-corrected chi connectivity index (χ3v) is 4.24. The molecular formula is C15H20N2O2. The van der Waals surface area contributed by atoms with Gasteiger partial charge in [0.25, 0.3) is 0 Å². The van der Waals surface area contributed by atoms with E-state index >= 15 is 0 Å². The van der Waals surface area contributed by atoms with Crippen molar-refractivity contribution < 1.29 is 9.84 Å². The molecule has 2 atom stereocenters. The van der Waals surface area contributed by atoms with Crippen LogP contribution in [-0.2, 0) is 10.3 Å². The molecule has 0 saturated heterocycles. The van der Waals surface area contributed by atoms with Gasteiger partial charge in [0.2, 0.25) is 0 Å². The molecule has 3 rings (SSSR count). The minimum Gasteiger partial charge on any atom is -0.390 e. The number of aliphatic hydroxyl groups is 1. The van der Waals surface area contributed by atoms with E-state index in [1.165, 1.54) is 0 Å². The lowest BCUT2D eigenvalue weighted by Gasteiger charge is -2.40. The standard InChI is InChI=1S/C15H20N2O2/c1-11-9-17-10-12(6-7-14(17)16-11)15(19-2)8-4-3-5-13(15)18/h6-7,9-10,13,18H,3-5,8H2,1-2H3. The summed E-state index contributed by atoms with van der Waals surface area (Å²) < 4.78 is 7.76. The number of hydrogen-bond donors (Lipinski definition) is 1. The summed E-state index contributed by atoms with van der Waals surface area (Å²) >= 11 is 0. The van der Waals surface area contributed by atoms with E-state index in [0.717, 1.165) is 42.6 Å². The first-order valence-electron chi connectivity index (χ1n) is 6.85. The van der Waals surface area contributed by atoms with E-state index in [1.54, 1.807) is 7.11 Å². The lowest BCUT2D eigenvalue weighted by atomic mass is 9.77. The number of nitrogens with zero attached hydrogens (tertiary/aromatic N) is 2. The number of hydrogen-bond acceptors (Lipinski definition) is 3. The van der Waals surface area contributed by atoms with E-state index in [0.29, 0.717) is 0 Å². The first kappa shape index (κ1) is 12.6. The van der Waals surface area contributed by atoms with Crippen LogP contribution in [0.1, 0.15) is 36.9 Å². The van der Waals surface area contributed by atoms with Gasteiger partial charge >= 0.3 is 0 Å². The lowest BCUT2D eigenvalue weighted by Crippen LogP contribution is -2.44. The Labute approximate surface area is 113 Å². The topological polar surface area (TPSA) is 46.8 Å². The molecule has 0 radical (unpaired) electrons. The van der Waals surface area contributed by atoms with Crippen LogP contribution in [0.4, 0.5) is 0 Å². The highest BCUT2D eigenvalue weighted by Gasteiger charge is 2.42. The maximum atomic E-state index is 10.4. The van der Waals surface area contributed by atoms with E-state index in [2.05, 4.69) is 4.98 Å². The molecule has 102 valence electrons. The summed E-state index contributed by atoms with van der Waals surface area (Å²) in [6, 6.07) is 4.02. The summed E-state index contributed by atoms with van der Waals surface area (Å²) in [6.07, 6.45) is 7.42. The van der Waals surface area contributed by atoms with Crippen molar-refractivity contribution in [2.75, 3.05) is 7.11 Å². The van der Waals surface area contributed by atoms with Gasteiger partial charge < -0.3 is 14.2 Å². The molecule has 0 bridgehead atoms. The molecule has 0 aliphatic heterocycles. The second kappa shape index (κ2) is 4.62. The van der Waals surface area contributed by atoms with Crippen LogP contribution < -0.4 is 0 Å². The van der Waals surface area contributed by atoms with Gasteiger partial charge in [-0.05, 0) is 25.8 Å². The van der Waals surface area contributed by atoms with Gasteiger partial charge in [0.1, 0.15) is 11.2 Å². The van der Waals surface area contributed by atoms with Gasteiger partial charge in [0.15, 0.2) is 0 Å². The number of methoxy groups -OCH3 is 1. The fourth-order valence-electron chi connectivity index (χ4n) is 3.19. The number of imidazole rings is 1. The number of ether oxygens (including phenoxy) is 1. The van der Waals surface area contributed by atoms with Crippen molar-refractivity contribution in [2.24, 2.45) is 0 Å². The number of rotatable bonds is 2. The zero-order valence-electron chi connectivity index (χ0n) is 11.5. The largest absolute Gasteiger partial charge is 0.390 e. The van der Waals surface area contributed by atoms with Crippen LogP contribution in [0.3, 0.4) is 0 Å². The molecule has 2 unspecified atom stereocenters. The van der Waals surface area contributed by atoms with Gasteiger partial charge in [-0.25, -0.2) is 4.98 Å². The van der Waals surface area contributed by atoms with E-state index in [9.17, 15) is 5.11 Å². The van der Waals surface area contributed by atoms with Crippen molar-refractivity contribution in [1.29, 1.82) is 0 Å². The Kier molecular flexibility index (Phi) is 3.07. The Hall–Kier alpha value is -1.39. The highest BCUT2D eigenvalue weighted by Crippen LogP contribution is 2.40. The first-order chi connectivity index (χ1) is 9.15. The zero-order chi connectivity index (χ0) is 13.5. The number of aromatic nitrogens is 2. The summed E-state index contributed by atoms with van der Waals surface area (Å²) in [5, 5.41) is 10.4. The number of pyridine rings is 1. The average Bonchev–Trinajstić information content (AvgIpc) is 2.78. The molecule has 1 fully saturated rings. The van der Waals surface area contributed by atoms with Crippen molar-refractivity contribution in [3.63, 3.8) is 0 Å². The highest BCUT2D eigenvalue weighted by molar-refractivity contribution is 5.42. The van der Waals surface area contributed by atoms with Crippen LogP contribution in [0.5, 0.6) is 0 Å². The lowest BCUT2D eigenvalue weighted by molar-refractivity contribution is -0.131. The third kappa shape index (κ3) is 1.95. The van der Waals surface area contributed by atoms with Crippen LogP contribution in [0.15, 0.2) is 24.5 Å². The van der Waals surface area contributed by atoms with Crippen LogP contribution >= 0.6 is 0 Å². The monoisotopic (exact) mass is 260 g/mol. The summed E-state index contributed by atoms with van der Waals surface area (Å²) in [7, 11) is 1.69. The third-order valence-electron chi connectivity index (χ3n) is 4.24. The normalized spacial score (nSPS) is 27.8. The SMILES string of the molecule is COC1(c2ccc3nc(C)cn3c2)CCCCC1O. The number of aryl methyl sites for hydroxylation is 1. The van der Waals surface area contributed by atoms with E-state index in [1.807, 2.05) is 35.9 Å². The molecule has 1 saturated carbocycles. The molecule has 0 amide bonds. The predicted molar refractivity (Wildman–Crippen MR) is 73.1 cm³/mol. The van der Waals surface area contributed by atoms with Crippen LogP contribution in [-0.4, -0.2) is 27.7 Å². The maximum absolute atomic E-state index is 10.4. The van der Waals surface area contributed by atoms with Crippen molar-refractivity contribution >= 4 is 5.65 Å². The number of aliphatic hydroxyl groups excluding tert-OH is 1. The van der Waals surface area contributed by atoms with Gasteiger partial charge in [-0.2, -0.15) is 0 Å². The average molecular weight is 260 g/mol. The Morgan fingerprint density at radius 1 is 1.37 bits per heavy atom. The van der Waals surface area contributed by atoms with Crippen LogP contribution in [0, 0.1) is 6.92 Å². The van der Waals surface area contributed by atoms with Gasteiger partial charge in [0, 0.05) is 25.1 Å². The molecule has 1 N–H and O–H groups in total.